The van der Waals surface area contributed by atoms with E-state index in [1.165, 1.54) is 43.4 Å². The van der Waals surface area contributed by atoms with Crippen LogP contribution in [0, 0.1) is 17.8 Å². The van der Waals surface area contributed by atoms with Crippen LogP contribution in [0.3, 0.4) is 0 Å². The van der Waals surface area contributed by atoms with Crippen molar-refractivity contribution in [2.24, 2.45) is 17.8 Å². The van der Waals surface area contributed by atoms with E-state index in [4.69, 9.17) is 4.74 Å². The first-order chi connectivity index (χ1) is 10.7. The lowest BCUT2D eigenvalue weighted by Crippen LogP contribution is -2.41. The van der Waals surface area contributed by atoms with Crippen molar-refractivity contribution < 1.29 is 9.53 Å². The number of esters is 1. The average molecular weight is 319 g/mol. The van der Waals surface area contributed by atoms with Gasteiger partial charge in [0.25, 0.3) is 0 Å². The molecule has 22 heavy (non-hydrogen) atoms. The van der Waals surface area contributed by atoms with Gasteiger partial charge in [-0.05, 0) is 81.3 Å². The van der Waals surface area contributed by atoms with Gasteiger partial charge in [-0.2, -0.15) is 0 Å². The Kier molecular flexibility index (Phi) is 3.99. The molecule has 120 valence electrons. The number of fused-ring (bicyclic) bond motifs is 2. The molecule has 0 spiro atoms. The lowest BCUT2D eigenvalue weighted by Gasteiger charge is -2.39. The summed E-state index contributed by atoms with van der Waals surface area (Å²) in [6.07, 6.45) is 8.77. The van der Waals surface area contributed by atoms with E-state index < -0.39 is 0 Å². The molecule has 0 amide bonds. The van der Waals surface area contributed by atoms with Gasteiger partial charge in [-0.1, -0.05) is 0 Å². The van der Waals surface area contributed by atoms with Gasteiger partial charge >= 0.3 is 5.97 Å². The maximum Gasteiger partial charge on any atom is 0.315 e. The Balaban J connectivity index is 1.34. The van der Waals surface area contributed by atoms with E-state index in [2.05, 4.69) is 11.9 Å². The standard InChI is InChI=1S/C18H25NO2S/c1-19-15-6-7-16(19)11-14(10-15)12-4-5-13(9-12)18(20)21-17-3-2-8-22-17/h2-3,8,12-16H,4-7,9-11H2,1H3. The summed E-state index contributed by atoms with van der Waals surface area (Å²) in [6.45, 7) is 0. The second-order valence-electron chi connectivity index (χ2n) is 7.41. The normalized spacial score (nSPS) is 38.3. The van der Waals surface area contributed by atoms with Gasteiger partial charge in [0.05, 0.1) is 5.92 Å². The summed E-state index contributed by atoms with van der Waals surface area (Å²) >= 11 is 1.50. The van der Waals surface area contributed by atoms with Gasteiger partial charge in [0.1, 0.15) is 0 Å². The minimum Gasteiger partial charge on any atom is -0.415 e. The fraction of sp³-hybridized carbons (Fsp3) is 0.722. The van der Waals surface area contributed by atoms with Crippen LogP contribution < -0.4 is 4.74 Å². The Morgan fingerprint density at radius 2 is 1.91 bits per heavy atom. The molecule has 4 unspecified atom stereocenters. The zero-order valence-corrected chi connectivity index (χ0v) is 14.1. The van der Waals surface area contributed by atoms with Crippen molar-refractivity contribution >= 4 is 17.3 Å². The topological polar surface area (TPSA) is 29.5 Å². The van der Waals surface area contributed by atoms with Crippen molar-refractivity contribution in [1.82, 2.24) is 4.90 Å². The fourth-order valence-electron chi connectivity index (χ4n) is 5.00. The SMILES string of the molecule is CN1C2CCC1CC(C1CCC(C(=O)Oc3cccs3)C1)C2. The summed E-state index contributed by atoms with van der Waals surface area (Å²) in [6, 6.07) is 5.42. The average Bonchev–Trinajstić information content (AvgIpc) is 3.21. The fourth-order valence-corrected chi connectivity index (χ4v) is 5.58. The van der Waals surface area contributed by atoms with Gasteiger partial charge in [-0.15, -0.1) is 11.3 Å². The number of nitrogens with zero attached hydrogens (tertiary/aromatic N) is 1. The molecule has 3 fully saturated rings. The van der Waals surface area contributed by atoms with Crippen LogP contribution in [0.1, 0.15) is 44.9 Å². The molecule has 1 aliphatic carbocycles. The van der Waals surface area contributed by atoms with E-state index >= 15 is 0 Å². The molecule has 1 aromatic rings. The number of ether oxygens (including phenoxy) is 1. The first-order valence-electron chi connectivity index (χ1n) is 8.68. The van der Waals surface area contributed by atoms with Crippen molar-refractivity contribution in [3.05, 3.63) is 17.5 Å². The monoisotopic (exact) mass is 319 g/mol. The number of piperidine rings is 1. The third kappa shape index (κ3) is 2.71. The molecule has 3 nitrogen and oxygen atoms in total. The minimum atomic E-state index is 0.000787. The molecule has 1 aromatic heterocycles. The molecule has 2 saturated heterocycles. The van der Waals surface area contributed by atoms with Crippen molar-refractivity contribution in [3.8, 4) is 5.06 Å². The van der Waals surface area contributed by atoms with Crippen LogP contribution in [0.4, 0.5) is 0 Å². The molecule has 3 heterocycles. The van der Waals surface area contributed by atoms with Gasteiger partial charge in [0, 0.05) is 12.1 Å². The molecule has 4 rings (SSSR count). The molecular weight excluding hydrogens is 294 g/mol. The summed E-state index contributed by atoms with van der Waals surface area (Å²) in [4.78, 5) is 14.9. The van der Waals surface area contributed by atoms with E-state index in [-0.39, 0.29) is 11.9 Å². The zero-order valence-electron chi connectivity index (χ0n) is 13.2. The van der Waals surface area contributed by atoms with Crippen LogP contribution in [-0.4, -0.2) is 30.0 Å². The van der Waals surface area contributed by atoms with Crippen LogP contribution in [-0.2, 0) is 4.79 Å². The maximum absolute atomic E-state index is 12.3. The Morgan fingerprint density at radius 1 is 1.14 bits per heavy atom. The molecule has 4 atom stereocenters. The highest BCUT2D eigenvalue weighted by atomic mass is 32.1. The lowest BCUT2D eigenvalue weighted by molar-refractivity contribution is -0.138. The Morgan fingerprint density at radius 3 is 2.59 bits per heavy atom. The van der Waals surface area contributed by atoms with Crippen molar-refractivity contribution in [2.45, 2.75) is 57.0 Å². The number of hydrogen-bond acceptors (Lipinski definition) is 4. The third-order valence-corrected chi connectivity index (χ3v) is 7.05. The Labute approximate surface area is 136 Å². The predicted octanol–water partition coefficient (Wildman–Crippen LogP) is 3.94. The Bertz CT molecular complexity index is 515. The summed E-state index contributed by atoms with van der Waals surface area (Å²) < 4.78 is 5.52. The summed E-state index contributed by atoms with van der Waals surface area (Å²) in [7, 11) is 2.30. The van der Waals surface area contributed by atoms with E-state index in [9.17, 15) is 4.79 Å². The number of carbonyl (C=O) groups excluding carboxylic acids is 1. The Hall–Kier alpha value is -0.870. The van der Waals surface area contributed by atoms with Crippen LogP contribution in [0.2, 0.25) is 0 Å². The first-order valence-corrected chi connectivity index (χ1v) is 9.56. The smallest absolute Gasteiger partial charge is 0.315 e. The van der Waals surface area contributed by atoms with Crippen LogP contribution >= 0.6 is 11.3 Å². The van der Waals surface area contributed by atoms with E-state index in [1.54, 1.807) is 0 Å². The highest BCUT2D eigenvalue weighted by Gasteiger charge is 2.43. The highest BCUT2D eigenvalue weighted by molar-refractivity contribution is 7.11. The van der Waals surface area contributed by atoms with Crippen LogP contribution in [0.15, 0.2) is 17.5 Å². The summed E-state index contributed by atoms with van der Waals surface area (Å²) in [5.74, 6) is 1.72. The van der Waals surface area contributed by atoms with Gasteiger partial charge in [-0.3, -0.25) is 4.79 Å². The minimum absolute atomic E-state index is 0.000787. The quantitative estimate of drug-likeness (QED) is 0.790. The maximum atomic E-state index is 12.3. The van der Waals surface area contributed by atoms with Crippen molar-refractivity contribution in [3.63, 3.8) is 0 Å². The molecule has 0 aromatic carbocycles. The largest absolute Gasteiger partial charge is 0.415 e. The number of carbonyl (C=O) groups is 1. The summed E-state index contributed by atoms with van der Waals surface area (Å²) in [5, 5.41) is 2.69. The van der Waals surface area contributed by atoms with Gasteiger partial charge in [0.15, 0.2) is 5.06 Å². The molecule has 4 heteroatoms. The molecule has 1 saturated carbocycles. The van der Waals surface area contributed by atoms with E-state index in [0.29, 0.717) is 0 Å². The molecule has 3 aliphatic rings. The van der Waals surface area contributed by atoms with Crippen molar-refractivity contribution in [1.29, 1.82) is 0 Å². The lowest BCUT2D eigenvalue weighted by atomic mass is 9.80. The van der Waals surface area contributed by atoms with Crippen LogP contribution in [0.5, 0.6) is 5.06 Å². The molecular formula is C18H25NO2S. The molecule has 0 radical (unpaired) electrons. The second kappa shape index (κ2) is 5.97. The predicted molar refractivity (Wildman–Crippen MR) is 88.1 cm³/mol. The number of rotatable bonds is 3. The molecule has 2 aliphatic heterocycles. The van der Waals surface area contributed by atoms with Crippen LogP contribution in [0.25, 0.3) is 0 Å². The molecule has 2 bridgehead atoms. The number of hydrogen-bond donors (Lipinski definition) is 0. The third-order valence-electron chi connectivity index (χ3n) is 6.30. The first kappa shape index (κ1) is 14.7. The zero-order chi connectivity index (χ0) is 15.1. The molecule has 0 N–H and O–H groups in total. The second-order valence-corrected chi connectivity index (χ2v) is 8.32. The van der Waals surface area contributed by atoms with Crippen molar-refractivity contribution in [2.75, 3.05) is 7.05 Å². The van der Waals surface area contributed by atoms with E-state index in [0.717, 1.165) is 41.8 Å². The van der Waals surface area contributed by atoms with Gasteiger partial charge in [0.2, 0.25) is 0 Å². The highest BCUT2D eigenvalue weighted by Crippen LogP contribution is 2.46. The summed E-state index contributed by atoms with van der Waals surface area (Å²) in [5.41, 5.74) is 0. The van der Waals surface area contributed by atoms with E-state index in [1.807, 2.05) is 17.5 Å². The van der Waals surface area contributed by atoms with Gasteiger partial charge in [-0.25, -0.2) is 0 Å². The number of thiophene rings is 1. The van der Waals surface area contributed by atoms with Gasteiger partial charge < -0.3 is 9.64 Å².